The number of hydrogen-bond acceptors (Lipinski definition) is 12. The van der Waals surface area contributed by atoms with Crippen molar-refractivity contribution in [3.05, 3.63) is 39.0 Å². The van der Waals surface area contributed by atoms with Crippen molar-refractivity contribution in [1.82, 2.24) is 4.57 Å². The summed E-state index contributed by atoms with van der Waals surface area (Å²) >= 11 is 3.18. The fraction of sp³-hybridized carbons (Fsp3) is 0.429. The summed E-state index contributed by atoms with van der Waals surface area (Å²) in [6.45, 7) is 9.34. The minimum atomic E-state index is -0.670. The number of thioether (sulfide) groups is 1. The van der Waals surface area contributed by atoms with E-state index in [4.69, 9.17) is 18.9 Å². The summed E-state index contributed by atoms with van der Waals surface area (Å²) in [5.74, 6) is -2.31. The highest BCUT2D eigenvalue weighted by molar-refractivity contribution is 8.00. The van der Waals surface area contributed by atoms with Gasteiger partial charge in [-0.15, -0.1) is 23.1 Å². The van der Waals surface area contributed by atoms with E-state index in [0.717, 1.165) is 27.8 Å². The van der Waals surface area contributed by atoms with Crippen LogP contribution in [0.3, 0.4) is 0 Å². The molecule has 3 aromatic rings. The number of carbonyl (C=O) groups excluding carboxylic acids is 5. The van der Waals surface area contributed by atoms with Gasteiger partial charge >= 0.3 is 17.9 Å². The Balaban J connectivity index is 1.74. The molecule has 15 heteroatoms. The van der Waals surface area contributed by atoms with Crippen LogP contribution in [-0.2, 0) is 35.1 Å². The molecule has 1 N–H and O–H groups in total. The van der Waals surface area contributed by atoms with Crippen LogP contribution in [-0.4, -0.2) is 72.2 Å². The first-order valence-corrected chi connectivity index (χ1v) is 16.3. The van der Waals surface area contributed by atoms with Gasteiger partial charge in [0.1, 0.15) is 22.2 Å². The maximum Gasteiger partial charge on any atom is 0.348 e. The van der Waals surface area contributed by atoms with E-state index in [1.165, 1.54) is 11.3 Å². The van der Waals surface area contributed by atoms with Crippen molar-refractivity contribution in [3.8, 4) is 5.75 Å². The van der Waals surface area contributed by atoms with Crippen LogP contribution >= 0.6 is 34.4 Å². The third-order valence-electron chi connectivity index (χ3n) is 5.58. The molecule has 0 aliphatic heterocycles. The van der Waals surface area contributed by atoms with Gasteiger partial charge in [0.05, 0.1) is 53.7 Å². The highest BCUT2D eigenvalue weighted by atomic mass is 32.2. The molecule has 0 aliphatic carbocycles. The number of nitrogens with zero attached hydrogens (tertiary/aromatic N) is 2. The van der Waals surface area contributed by atoms with E-state index >= 15 is 0 Å². The van der Waals surface area contributed by atoms with Crippen molar-refractivity contribution in [2.75, 3.05) is 43.3 Å². The van der Waals surface area contributed by atoms with Gasteiger partial charge in [0.15, 0.2) is 4.80 Å². The van der Waals surface area contributed by atoms with Gasteiger partial charge in [-0.2, -0.15) is 4.99 Å². The second-order valence-electron chi connectivity index (χ2n) is 8.59. The lowest BCUT2D eigenvalue weighted by molar-refractivity contribution is -0.143. The van der Waals surface area contributed by atoms with Gasteiger partial charge in [-0.25, -0.2) is 9.59 Å². The predicted octanol–water partition coefficient (Wildman–Crippen LogP) is 4.19. The largest absolute Gasteiger partial charge is 0.494 e. The predicted molar refractivity (Wildman–Crippen MR) is 165 cm³/mol. The highest BCUT2D eigenvalue weighted by Crippen LogP contribution is 2.34. The average Bonchev–Trinajstić information content (AvgIpc) is 3.45. The summed E-state index contributed by atoms with van der Waals surface area (Å²) in [6.07, 6.45) is 0. The Labute approximate surface area is 260 Å². The average molecular weight is 652 g/mol. The van der Waals surface area contributed by atoms with Gasteiger partial charge in [0, 0.05) is 0 Å². The van der Waals surface area contributed by atoms with Gasteiger partial charge in [-0.05, 0) is 58.4 Å². The fourth-order valence-corrected chi connectivity index (χ4v) is 6.64. The molecule has 0 unspecified atom stereocenters. The number of hydrogen-bond donors (Lipinski definition) is 1. The van der Waals surface area contributed by atoms with Crippen molar-refractivity contribution in [2.45, 2.75) is 41.2 Å². The van der Waals surface area contributed by atoms with E-state index < -0.39 is 29.7 Å². The lowest BCUT2D eigenvalue weighted by Crippen LogP contribution is -2.23. The van der Waals surface area contributed by atoms with Crippen LogP contribution in [0.2, 0.25) is 0 Å². The molecule has 0 saturated carbocycles. The highest BCUT2D eigenvalue weighted by Gasteiger charge is 2.27. The van der Waals surface area contributed by atoms with Crippen molar-refractivity contribution in [2.24, 2.45) is 4.99 Å². The van der Waals surface area contributed by atoms with Crippen LogP contribution in [0.1, 0.15) is 53.3 Å². The number of carbonyl (C=O) groups is 5. The van der Waals surface area contributed by atoms with Crippen LogP contribution in [0.4, 0.5) is 5.00 Å². The summed E-state index contributed by atoms with van der Waals surface area (Å²) in [5, 5.41) is 2.81. The molecule has 0 spiro atoms. The molecular weight excluding hydrogens is 619 g/mol. The van der Waals surface area contributed by atoms with Gasteiger partial charge in [0.2, 0.25) is 5.91 Å². The molecule has 12 nitrogen and oxygen atoms in total. The van der Waals surface area contributed by atoms with Crippen LogP contribution in [0.5, 0.6) is 5.75 Å². The molecule has 0 aliphatic rings. The number of nitrogens with one attached hydrogen (secondary N) is 1. The Kier molecular flexibility index (Phi) is 12.8. The molecule has 1 aromatic carbocycles. The monoisotopic (exact) mass is 651 g/mol. The molecule has 0 radical (unpaired) electrons. The zero-order chi connectivity index (χ0) is 31.5. The molecule has 3 rings (SSSR count). The van der Waals surface area contributed by atoms with Crippen LogP contribution in [0, 0.1) is 6.92 Å². The van der Waals surface area contributed by atoms with Gasteiger partial charge < -0.3 is 28.8 Å². The topological polar surface area (TPSA) is 152 Å². The number of esters is 3. The van der Waals surface area contributed by atoms with E-state index in [0.29, 0.717) is 28.2 Å². The zero-order valence-electron chi connectivity index (χ0n) is 24.5. The molecule has 232 valence electrons. The van der Waals surface area contributed by atoms with E-state index in [2.05, 4.69) is 10.3 Å². The molecule has 0 atom stereocenters. The van der Waals surface area contributed by atoms with E-state index in [1.807, 2.05) is 13.0 Å². The molecule has 43 heavy (non-hydrogen) atoms. The van der Waals surface area contributed by atoms with Crippen molar-refractivity contribution in [3.63, 3.8) is 0 Å². The van der Waals surface area contributed by atoms with Gasteiger partial charge in [-0.1, -0.05) is 11.3 Å². The van der Waals surface area contributed by atoms with Crippen LogP contribution in [0.15, 0.2) is 23.2 Å². The standard InChI is InChI=1S/C28H33N3O9S3/c1-6-37-17-10-11-18-19(12-17)42-28(31(18)13-22(34)38-7-2)30-21(33)15-41-14-20(32)29-25-23(26(35)39-8-3)16(5)24(43-25)27(36)40-9-4/h10-12H,6-9,13-15H2,1-5H3,(H,29,32). The number of rotatable bonds is 14. The number of thiazole rings is 1. The minimum absolute atomic E-state index is 0.0859. The first kappa shape index (κ1) is 33.8. The second-order valence-corrected chi connectivity index (χ2v) is 11.6. The Morgan fingerprint density at radius 2 is 1.60 bits per heavy atom. The Morgan fingerprint density at radius 1 is 0.907 bits per heavy atom. The smallest absolute Gasteiger partial charge is 0.348 e. The number of ether oxygens (including phenoxy) is 4. The quantitative estimate of drug-likeness (QED) is 0.198. The molecule has 2 aromatic heterocycles. The Hall–Kier alpha value is -3.69. The van der Waals surface area contributed by atoms with Crippen molar-refractivity contribution >= 4 is 79.4 Å². The van der Waals surface area contributed by atoms with Crippen LogP contribution in [0.25, 0.3) is 10.2 Å². The maximum absolute atomic E-state index is 12.8. The number of benzene rings is 1. The molecule has 0 fully saturated rings. The summed E-state index contributed by atoms with van der Waals surface area (Å²) in [6, 6.07) is 5.39. The normalized spacial score (nSPS) is 11.3. The Morgan fingerprint density at radius 3 is 2.28 bits per heavy atom. The zero-order valence-corrected chi connectivity index (χ0v) is 26.9. The van der Waals surface area contributed by atoms with E-state index in [9.17, 15) is 24.0 Å². The number of fused-ring (bicyclic) bond motifs is 1. The Bertz CT molecular complexity index is 1570. The molecule has 0 bridgehead atoms. The number of aromatic nitrogens is 1. The maximum atomic E-state index is 12.8. The summed E-state index contributed by atoms with van der Waals surface area (Å²) in [4.78, 5) is 67.4. The number of anilines is 1. The number of amides is 2. The van der Waals surface area contributed by atoms with Crippen molar-refractivity contribution < 1.29 is 42.9 Å². The first-order valence-electron chi connectivity index (χ1n) is 13.5. The van der Waals surface area contributed by atoms with Gasteiger partial charge in [0.25, 0.3) is 5.91 Å². The number of thiophene rings is 1. The third-order valence-corrected chi connectivity index (χ3v) is 8.72. The molecular formula is C28H33N3O9S3. The molecule has 0 saturated heterocycles. The fourth-order valence-electron chi connectivity index (χ4n) is 3.86. The molecule has 2 amide bonds. The minimum Gasteiger partial charge on any atom is -0.494 e. The summed E-state index contributed by atoms with van der Waals surface area (Å²) in [5.41, 5.74) is 1.14. The SMILES string of the molecule is CCOC(=O)Cn1c(=NC(=O)CSCC(=O)Nc2sc(C(=O)OCC)c(C)c2C(=O)OCC)sc2cc(OCC)ccc21. The van der Waals surface area contributed by atoms with E-state index in [-0.39, 0.29) is 53.3 Å². The molecule has 2 heterocycles. The first-order chi connectivity index (χ1) is 20.6. The lowest BCUT2D eigenvalue weighted by atomic mass is 10.1. The summed E-state index contributed by atoms with van der Waals surface area (Å²) < 4.78 is 23.2. The van der Waals surface area contributed by atoms with Crippen LogP contribution < -0.4 is 14.9 Å². The lowest BCUT2D eigenvalue weighted by Gasteiger charge is -2.07. The summed E-state index contributed by atoms with van der Waals surface area (Å²) in [7, 11) is 0. The van der Waals surface area contributed by atoms with Gasteiger partial charge in [-0.3, -0.25) is 14.4 Å². The third kappa shape index (κ3) is 8.91. The second kappa shape index (κ2) is 16.2. The van der Waals surface area contributed by atoms with Crippen molar-refractivity contribution in [1.29, 1.82) is 0 Å². The van der Waals surface area contributed by atoms with E-state index in [1.54, 1.807) is 44.4 Å².